The summed E-state index contributed by atoms with van der Waals surface area (Å²) in [4.78, 5) is 39.9. The Labute approximate surface area is 245 Å². The van der Waals surface area contributed by atoms with Crippen LogP contribution in [-0.2, 0) is 9.53 Å². The molecule has 0 aromatic carbocycles. The first-order chi connectivity index (χ1) is 18.8. The molecule has 6 rings (SSSR count). The summed E-state index contributed by atoms with van der Waals surface area (Å²) in [5.74, 6) is 0.0631. The summed E-state index contributed by atoms with van der Waals surface area (Å²) in [5, 5.41) is 7.54. The molecule has 12 heteroatoms. The van der Waals surface area contributed by atoms with Crippen molar-refractivity contribution in [1.29, 1.82) is 0 Å². The van der Waals surface area contributed by atoms with Crippen molar-refractivity contribution in [2.45, 2.75) is 39.0 Å². The van der Waals surface area contributed by atoms with Crippen LogP contribution < -0.4 is 15.1 Å². The predicted molar refractivity (Wildman–Crippen MR) is 158 cm³/mol. The molecule has 1 amide bonds. The molecule has 3 aliphatic rings. The second kappa shape index (κ2) is 10.9. The molecule has 2 aliphatic heterocycles. The van der Waals surface area contributed by atoms with Crippen LogP contribution in [0, 0.1) is 11.3 Å². The van der Waals surface area contributed by atoms with E-state index < -0.39 is 0 Å². The summed E-state index contributed by atoms with van der Waals surface area (Å²) in [6.07, 6.45) is 6.80. The third-order valence-corrected chi connectivity index (χ3v) is 10.5. The number of nitrogens with one attached hydrogen (secondary N) is 1. The van der Waals surface area contributed by atoms with E-state index in [2.05, 4.69) is 15.2 Å². The van der Waals surface area contributed by atoms with Crippen molar-refractivity contribution in [2.75, 3.05) is 47.9 Å². The van der Waals surface area contributed by atoms with Crippen LogP contribution in [0.4, 0.5) is 16.0 Å². The van der Waals surface area contributed by atoms with E-state index in [1.165, 1.54) is 36.8 Å². The fourth-order valence-electron chi connectivity index (χ4n) is 5.62. The van der Waals surface area contributed by atoms with Gasteiger partial charge in [-0.15, -0.1) is 11.3 Å². The van der Waals surface area contributed by atoms with Crippen molar-refractivity contribution in [3.05, 3.63) is 39.3 Å². The zero-order valence-electron chi connectivity index (χ0n) is 21.5. The third-order valence-electron chi connectivity index (χ3n) is 7.88. The summed E-state index contributed by atoms with van der Waals surface area (Å²) in [7, 11) is 0. The lowest BCUT2D eigenvalue weighted by Crippen LogP contribution is -2.59. The van der Waals surface area contributed by atoms with Gasteiger partial charge in [-0.2, -0.15) is 0 Å². The molecule has 39 heavy (non-hydrogen) atoms. The van der Waals surface area contributed by atoms with Gasteiger partial charge in [-0.1, -0.05) is 41.0 Å². The lowest BCUT2D eigenvalue weighted by Gasteiger charge is -2.56. The Morgan fingerprint density at radius 2 is 1.95 bits per heavy atom. The molecule has 0 radical (unpaired) electrons. The Balaban J connectivity index is 1.15. The van der Waals surface area contributed by atoms with Gasteiger partial charge in [-0.25, -0.2) is 9.97 Å². The first kappa shape index (κ1) is 26.8. The highest BCUT2D eigenvalue weighted by Crippen LogP contribution is 2.53. The molecule has 1 saturated carbocycles. The highest BCUT2D eigenvalue weighted by Gasteiger charge is 2.48. The van der Waals surface area contributed by atoms with Gasteiger partial charge in [-0.3, -0.25) is 14.9 Å². The monoisotopic (exact) mass is 605 g/mol. The number of pyridine rings is 1. The second-order valence-corrected chi connectivity index (χ2v) is 13.2. The minimum atomic E-state index is -0.313. The smallest absolute Gasteiger partial charge is 0.309 e. The zero-order chi connectivity index (χ0) is 27.1. The van der Waals surface area contributed by atoms with Crippen LogP contribution in [0.25, 0.3) is 10.6 Å². The van der Waals surface area contributed by atoms with E-state index >= 15 is 0 Å². The number of hydrogen-bond acceptors (Lipinski definition) is 9. The Morgan fingerprint density at radius 1 is 1.18 bits per heavy atom. The van der Waals surface area contributed by atoms with Gasteiger partial charge in [0.1, 0.15) is 16.5 Å². The standard InChI is InChI=1S/C27H29Cl2N5O3S2/c1-2-37-25(36)16-4-8-33(9-5-16)22-19(29)10-17(12-30-22)23(35)32-26-31-21(20-11-18(28)13-38-20)24(39-26)34-14-27(15-34)6-3-7-27/h10-13,16H,2-9,14-15H2,1H3,(H,31,32,35). The molecule has 8 nitrogen and oxygen atoms in total. The van der Waals surface area contributed by atoms with Crippen LogP contribution in [0.3, 0.4) is 0 Å². The normalized spacial score (nSPS) is 18.5. The minimum absolute atomic E-state index is 0.0983. The number of piperidine rings is 1. The Hall–Kier alpha value is -2.40. The maximum atomic E-state index is 13.2. The van der Waals surface area contributed by atoms with Crippen molar-refractivity contribution >= 4 is 73.7 Å². The number of esters is 1. The van der Waals surface area contributed by atoms with Gasteiger partial charge in [0.05, 0.1) is 33.0 Å². The minimum Gasteiger partial charge on any atom is -0.466 e. The summed E-state index contributed by atoms with van der Waals surface area (Å²) < 4.78 is 5.16. The number of halogens is 2. The van der Waals surface area contributed by atoms with E-state index in [0.29, 0.717) is 64.5 Å². The Bertz CT molecular complexity index is 1390. The number of amides is 1. The third kappa shape index (κ3) is 5.36. The molecule has 0 bridgehead atoms. The topological polar surface area (TPSA) is 87.7 Å². The number of carbonyl (C=O) groups excluding carboxylic acids is 2. The number of carbonyl (C=O) groups is 2. The van der Waals surface area contributed by atoms with Crippen molar-refractivity contribution in [1.82, 2.24) is 9.97 Å². The number of thiazole rings is 1. The summed E-state index contributed by atoms with van der Waals surface area (Å²) in [6, 6.07) is 3.56. The first-order valence-corrected chi connectivity index (χ1v) is 15.7. The average molecular weight is 607 g/mol. The van der Waals surface area contributed by atoms with E-state index in [-0.39, 0.29) is 17.8 Å². The SMILES string of the molecule is CCOC(=O)C1CCN(c2ncc(C(=O)Nc3nc(-c4cc(Cl)cs4)c(N4CC5(CCC5)C4)s3)cc2Cl)CC1. The Morgan fingerprint density at radius 3 is 2.56 bits per heavy atom. The molecule has 1 N–H and O–H groups in total. The van der Waals surface area contributed by atoms with E-state index in [1.807, 2.05) is 23.3 Å². The number of aromatic nitrogens is 2. The number of hydrogen-bond donors (Lipinski definition) is 1. The fraction of sp³-hybridized carbons (Fsp3) is 0.481. The largest absolute Gasteiger partial charge is 0.466 e. The summed E-state index contributed by atoms with van der Waals surface area (Å²) in [5.41, 5.74) is 1.69. The molecule has 1 spiro atoms. The molecule has 3 aromatic rings. The first-order valence-electron chi connectivity index (χ1n) is 13.2. The zero-order valence-corrected chi connectivity index (χ0v) is 24.7. The molecule has 2 saturated heterocycles. The second-order valence-electron chi connectivity index (χ2n) is 10.5. The molecule has 5 heterocycles. The van der Waals surface area contributed by atoms with Crippen LogP contribution in [0.5, 0.6) is 0 Å². The fourth-order valence-corrected chi connectivity index (χ4v) is 8.01. The van der Waals surface area contributed by atoms with E-state index in [4.69, 9.17) is 32.9 Å². The van der Waals surface area contributed by atoms with Gasteiger partial charge in [-0.05, 0) is 44.7 Å². The lowest BCUT2D eigenvalue weighted by molar-refractivity contribution is -0.148. The van der Waals surface area contributed by atoms with Gasteiger partial charge in [0.25, 0.3) is 5.91 Å². The lowest BCUT2D eigenvalue weighted by atomic mass is 9.64. The van der Waals surface area contributed by atoms with Gasteiger partial charge in [0.15, 0.2) is 5.13 Å². The van der Waals surface area contributed by atoms with Crippen LogP contribution in [0.15, 0.2) is 23.7 Å². The highest BCUT2D eigenvalue weighted by atomic mass is 35.5. The highest BCUT2D eigenvalue weighted by molar-refractivity contribution is 7.21. The quantitative estimate of drug-likeness (QED) is 0.304. The predicted octanol–water partition coefficient (Wildman–Crippen LogP) is 6.60. The molecule has 3 aromatic heterocycles. The average Bonchev–Trinajstić information content (AvgIpc) is 3.48. The summed E-state index contributed by atoms with van der Waals surface area (Å²) >= 11 is 15.8. The van der Waals surface area contributed by atoms with E-state index in [9.17, 15) is 9.59 Å². The molecular formula is C27H29Cl2N5O3S2. The van der Waals surface area contributed by atoms with Gasteiger partial charge in [0.2, 0.25) is 0 Å². The molecule has 206 valence electrons. The van der Waals surface area contributed by atoms with Crippen molar-refractivity contribution in [2.24, 2.45) is 11.3 Å². The van der Waals surface area contributed by atoms with E-state index in [0.717, 1.165) is 28.7 Å². The summed E-state index contributed by atoms with van der Waals surface area (Å²) in [6.45, 7) is 5.57. The van der Waals surface area contributed by atoms with Crippen LogP contribution in [0.2, 0.25) is 10.0 Å². The van der Waals surface area contributed by atoms with Gasteiger partial charge in [0, 0.05) is 43.2 Å². The Kier molecular flexibility index (Phi) is 7.47. The number of anilines is 3. The molecular weight excluding hydrogens is 577 g/mol. The van der Waals surface area contributed by atoms with E-state index in [1.54, 1.807) is 17.4 Å². The van der Waals surface area contributed by atoms with Crippen LogP contribution in [-0.4, -0.2) is 54.6 Å². The van der Waals surface area contributed by atoms with Crippen LogP contribution >= 0.6 is 45.9 Å². The number of thiophene rings is 1. The van der Waals surface area contributed by atoms with Crippen LogP contribution in [0.1, 0.15) is 49.4 Å². The van der Waals surface area contributed by atoms with Gasteiger partial charge >= 0.3 is 5.97 Å². The molecule has 0 unspecified atom stereocenters. The van der Waals surface area contributed by atoms with Gasteiger partial charge < -0.3 is 14.5 Å². The maximum Gasteiger partial charge on any atom is 0.309 e. The molecule has 0 atom stereocenters. The molecule has 1 aliphatic carbocycles. The number of nitrogens with zero attached hydrogens (tertiary/aromatic N) is 4. The van der Waals surface area contributed by atoms with Crippen molar-refractivity contribution in [3.63, 3.8) is 0 Å². The molecule has 3 fully saturated rings. The number of ether oxygens (including phenoxy) is 1. The van der Waals surface area contributed by atoms with Crippen molar-refractivity contribution < 1.29 is 14.3 Å². The maximum absolute atomic E-state index is 13.2. The number of rotatable bonds is 7. The van der Waals surface area contributed by atoms with Crippen molar-refractivity contribution in [3.8, 4) is 10.6 Å².